The van der Waals surface area contributed by atoms with Gasteiger partial charge in [0.05, 0.1) is 18.4 Å². The smallest absolute Gasteiger partial charge is 0.142 e. The first kappa shape index (κ1) is 18.5. The first-order chi connectivity index (χ1) is 11.7. The third kappa shape index (κ3) is 2.93. The summed E-state index contributed by atoms with van der Waals surface area (Å²) in [5, 5.41) is 12.2. The molecule has 0 bridgehead atoms. The molecule has 25 heavy (non-hydrogen) atoms. The predicted molar refractivity (Wildman–Crippen MR) is 104 cm³/mol. The van der Waals surface area contributed by atoms with Crippen LogP contribution in [-0.4, -0.2) is 51.3 Å². The van der Waals surface area contributed by atoms with Crippen LogP contribution in [0, 0.1) is 11.3 Å². The van der Waals surface area contributed by atoms with Crippen molar-refractivity contribution in [2.45, 2.75) is 45.1 Å². The molecule has 1 saturated heterocycles. The molecule has 3 rings (SSSR count). The summed E-state index contributed by atoms with van der Waals surface area (Å²) in [5.41, 5.74) is 2.52. The van der Waals surface area contributed by atoms with Crippen LogP contribution in [-0.2, 0) is 12.0 Å². The van der Waals surface area contributed by atoms with E-state index >= 15 is 0 Å². The number of hydrogen-bond donors (Lipinski definition) is 1. The van der Waals surface area contributed by atoms with Crippen molar-refractivity contribution in [1.82, 2.24) is 4.90 Å². The van der Waals surface area contributed by atoms with Crippen LogP contribution in [0.4, 0.5) is 5.69 Å². The van der Waals surface area contributed by atoms with Crippen LogP contribution in [0.3, 0.4) is 0 Å². The maximum Gasteiger partial charge on any atom is 0.142 e. The lowest BCUT2D eigenvalue weighted by atomic mass is 9.56. The van der Waals surface area contributed by atoms with E-state index in [1.165, 1.54) is 5.56 Å². The molecule has 1 N–H and O–H groups in total. The third-order valence-corrected chi connectivity index (χ3v) is 6.66. The molecule has 0 aromatic heterocycles. The van der Waals surface area contributed by atoms with E-state index < -0.39 is 5.60 Å². The molecular formula is C21H34N2O2. The molecule has 1 atom stereocenters. The zero-order valence-electron chi connectivity index (χ0n) is 16.7. The van der Waals surface area contributed by atoms with Gasteiger partial charge in [-0.3, -0.25) is 0 Å². The summed E-state index contributed by atoms with van der Waals surface area (Å²) < 4.78 is 5.62. The van der Waals surface area contributed by atoms with Crippen molar-refractivity contribution in [3.8, 4) is 5.75 Å². The molecule has 1 heterocycles. The van der Waals surface area contributed by atoms with E-state index in [-0.39, 0.29) is 5.41 Å². The number of fused-ring (bicyclic) bond motifs is 1. The summed E-state index contributed by atoms with van der Waals surface area (Å²) in [6, 6.07) is 4.34. The van der Waals surface area contributed by atoms with E-state index in [4.69, 9.17) is 4.74 Å². The van der Waals surface area contributed by atoms with Gasteiger partial charge in [-0.2, -0.15) is 0 Å². The van der Waals surface area contributed by atoms with E-state index in [0.29, 0.717) is 5.92 Å². The molecule has 140 valence electrons. The van der Waals surface area contributed by atoms with Crippen LogP contribution < -0.4 is 9.64 Å². The number of aryl methyl sites for hydroxylation is 1. The minimum Gasteiger partial charge on any atom is -0.495 e. The second kappa shape index (κ2) is 6.48. The van der Waals surface area contributed by atoms with E-state index in [0.717, 1.165) is 55.8 Å². The number of nitrogens with zero attached hydrogens (tertiary/aromatic N) is 2. The van der Waals surface area contributed by atoms with Crippen molar-refractivity contribution in [2.75, 3.05) is 46.2 Å². The highest BCUT2D eigenvalue weighted by Crippen LogP contribution is 2.56. The van der Waals surface area contributed by atoms with Gasteiger partial charge < -0.3 is 19.6 Å². The molecule has 1 aromatic carbocycles. The van der Waals surface area contributed by atoms with Crippen molar-refractivity contribution in [3.63, 3.8) is 0 Å². The fourth-order valence-electron chi connectivity index (χ4n) is 4.89. The highest BCUT2D eigenvalue weighted by molar-refractivity contribution is 5.63. The second-order valence-electron chi connectivity index (χ2n) is 8.80. The Hall–Kier alpha value is -1.26. The first-order valence-corrected chi connectivity index (χ1v) is 9.50. The molecule has 0 spiro atoms. The van der Waals surface area contributed by atoms with E-state index in [1.54, 1.807) is 7.11 Å². The average molecular weight is 347 g/mol. The SMILES string of the molecule is COc1cc2c(cc1N(C)C)C(O)(C1CCN(C)CC1)C(C)(C)CC2. The Morgan fingerprint density at radius 3 is 2.40 bits per heavy atom. The van der Waals surface area contributed by atoms with Crippen molar-refractivity contribution < 1.29 is 9.84 Å². The summed E-state index contributed by atoms with van der Waals surface area (Å²) in [4.78, 5) is 4.45. The molecule has 2 aliphatic rings. The average Bonchev–Trinajstić information content (AvgIpc) is 2.58. The quantitative estimate of drug-likeness (QED) is 0.911. The number of methoxy groups -OCH3 is 1. The highest BCUT2D eigenvalue weighted by Gasteiger charge is 2.53. The van der Waals surface area contributed by atoms with Gasteiger partial charge in [-0.05, 0) is 80.4 Å². The monoisotopic (exact) mass is 346 g/mol. The number of ether oxygens (including phenoxy) is 1. The lowest BCUT2D eigenvalue weighted by Crippen LogP contribution is -2.53. The van der Waals surface area contributed by atoms with Crippen LogP contribution >= 0.6 is 0 Å². The Labute approximate surface area is 152 Å². The largest absolute Gasteiger partial charge is 0.495 e. The number of likely N-dealkylation sites (tertiary alicyclic amines) is 1. The van der Waals surface area contributed by atoms with E-state index in [1.807, 2.05) is 14.1 Å². The van der Waals surface area contributed by atoms with Crippen molar-refractivity contribution in [2.24, 2.45) is 11.3 Å². The number of piperidine rings is 1. The number of hydrogen-bond acceptors (Lipinski definition) is 4. The first-order valence-electron chi connectivity index (χ1n) is 9.50. The molecule has 1 fully saturated rings. The number of rotatable bonds is 3. The lowest BCUT2D eigenvalue weighted by Gasteiger charge is -2.53. The van der Waals surface area contributed by atoms with E-state index in [2.05, 4.69) is 42.8 Å². The van der Waals surface area contributed by atoms with Gasteiger partial charge in [0.2, 0.25) is 0 Å². The summed E-state index contributed by atoms with van der Waals surface area (Å²) >= 11 is 0. The van der Waals surface area contributed by atoms with Gasteiger partial charge in [-0.25, -0.2) is 0 Å². The molecule has 4 heteroatoms. The Kier molecular flexibility index (Phi) is 4.80. The molecule has 1 aromatic rings. The standard InChI is InChI=1S/C21H34N2O2/c1-20(2)10-7-15-13-19(25-6)18(22(3)4)14-17(15)21(20,24)16-8-11-23(5)12-9-16/h13-14,16,24H,7-12H2,1-6H3. The number of anilines is 1. The molecule has 0 radical (unpaired) electrons. The molecule has 1 aliphatic carbocycles. The number of aliphatic hydroxyl groups is 1. The minimum absolute atomic E-state index is 0.126. The summed E-state index contributed by atoms with van der Waals surface area (Å²) in [6.07, 6.45) is 4.12. The lowest BCUT2D eigenvalue weighted by molar-refractivity contribution is -0.142. The van der Waals surface area contributed by atoms with Crippen LogP contribution in [0.2, 0.25) is 0 Å². The van der Waals surface area contributed by atoms with Gasteiger partial charge in [-0.1, -0.05) is 13.8 Å². The van der Waals surface area contributed by atoms with Gasteiger partial charge in [0.1, 0.15) is 5.75 Å². The van der Waals surface area contributed by atoms with Crippen molar-refractivity contribution in [1.29, 1.82) is 0 Å². The Balaban J connectivity index is 2.13. The van der Waals surface area contributed by atoms with Crippen LogP contribution in [0.5, 0.6) is 5.75 Å². The predicted octanol–water partition coefficient (Wildman–Crippen LogP) is 3.26. The minimum atomic E-state index is -0.779. The molecule has 0 saturated carbocycles. The molecule has 1 aliphatic heterocycles. The van der Waals surface area contributed by atoms with Gasteiger partial charge in [0.25, 0.3) is 0 Å². The Morgan fingerprint density at radius 2 is 1.84 bits per heavy atom. The summed E-state index contributed by atoms with van der Waals surface area (Å²) in [7, 11) is 7.97. The Bertz CT molecular complexity index is 633. The van der Waals surface area contributed by atoms with Gasteiger partial charge in [0.15, 0.2) is 0 Å². The fraction of sp³-hybridized carbons (Fsp3) is 0.714. The summed E-state index contributed by atoms with van der Waals surface area (Å²) in [6.45, 7) is 6.62. The normalized spacial score (nSPS) is 27.0. The van der Waals surface area contributed by atoms with Crippen LogP contribution in [0.25, 0.3) is 0 Å². The van der Waals surface area contributed by atoms with Crippen molar-refractivity contribution in [3.05, 3.63) is 23.3 Å². The molecular weight excluding hydrogens is 312 g/mol. The van der Waals surface area contributed by atoms with Crippen molar-refractivity contribution >= 4 is 5.69 Å². The van der Waals surface area contributed by atoms with Gasteiger partial charge >= 0.3 is 0 Å². The zero-order valence-corrected chi connectivity index (χ0v) is 16.7. The van der Waals surface area contributed by atoms with Crippen LogP contribution in [0.1, 0.15) is 44.2 Å². The molecule has 0 amide bonds. The maximum absolute atomic E-state index is 12.2. The topological polar surface area (TPSA) is 35.9 Å². The molecule has 4 nitrogen and oxygen atoms in total. The highest BCUT2D eigenvalue weighted by atomic mass is 16.5. The molecule has 1 unspecified atom stereocenters. The zero-order chi connectivity index (χ0) is 18.4. The van der Waals surface area contributed by atoms with E-state index in [9.17, 15) is 5.11 Å². The third-order valence-electron chi connectivity index (χ3n) is 6.66. The summed E-state index contributed by atoms with van der Waals surface area (Å²) in [5.74, 6) is 1.20. The fourth-order valence-corrected chi connectivity index (χ4v) is 4.89. The maximum atomic E-state index is 12.2. The second-order valence-corrected chi connectivity index (χ2v) is 8.80. The van der Waals surface area contributed by atoms with Gasteiger partial charge in [0, 0.05) is 14.1 Å². The number of benzene rings is 1. The Morgan fingerprint density at radius 1 is 1.20 bits per heavy atom. The van der Waals surface area contributed by atoms with Gasteiger partial charge in [-0.15, -0.1) is 0 Å². The van der Waals surface area contributed by atoms with Crippen LogP contribution in [0.15, 0.2) is 12.1 Å².